The van der Waals surface area contributed by atoms with E-state index in [1.54, 1.807) is 0 Å². The molecule has 0 radical (unpaired) electrons. The molecule has 0 aliphatic heterocycles. The van der Waals surface area contributed by atoms with Crippen molar-refractivity contribution in [1.29, 1.82) is 0 Å². The lowest BCUT2D eigenvalue weighted by atomic mass is 10.2. The Morgan fingerprint density at radius 3 is 2.05 bits per heavy atom. The Kier molecular flexibility index (Phi) is 4.41. The second-order valence-corrected chi connectivity index (χ2v) is 5.11. The average molecular weight is 339 g/mol. The summed E-state index contributed by atoms with van der Waals surface area (Å²) in [6.07, 6.45) is -10.8. The van der Waals surface area contributed by atoms with Crippen LogP contribution in [0.25, 0.3) is 0 Å². The highest BCUT2D eigenvalue weighted by molar-refractivity contribution is 7.89. The third-order valence-electron chi connectivity index (χ3n) is 2.04. The summed E-state index contributed by atoms with van der Waals surface area (Å²) in [6, 6.07) is -0.106. The summed E-state index contributed by atoms with van der Waals surface area (Å²) in [6.45, 7) is -0.766. The highest BCUT2D eigenvalue weighted by Gasteiger charge is 2.42. The van der Waals surface area contributed by atoms with Crippen molar-refractivity contribution in [3.63, 3.8) is 0 Å². The number of rotatable bonds is 3. The van der Waals surface area contributed by atoms with Crippen molar-refractivity contribution in [3.8, 4) is 5.88 Å². The van der Waals surface area contributed by atoms with E-state index in [0.29, 0.717) is 0 Å². The molecule has 0 fully saturated rings. The molecule has 4 N–H and O–H groups in total. The standard InChI is InChI=1S/C8H7F6N3O3S/c9-7(10,11)3-1-5(21(16,18)19)4(2-15)17-6(3)20-8(12,13)14/h1H,2,15H2,(H2,16,18,19). The van der Waals surface area contributed by atoms with Crippen LogP contribution in [0.15, 0.2) is 11.0 Å². The van der Waals surface area contributed by atoms with Gasteiger partial charge in [-0.15, -0.1) is 13.2 Å². The molecule has 6 nitrogen and oxygen atoms in total. The van der Waals surface area contributed by atoms with Crippen molar-refractivity contribution in [2.24, 2.45) is 10.9 Å². The third-order valence-corrected chi connectivity index (χ3v) is 3.01. The lowest BCUT2D eigenvalue weighted by Crippen LogP contribution is -2.24. The Morgan fingerprint density at radius 1 is 1.19 bits per heavy atom. The first-order valence-corrected chi connectivity index (χ1v) is 6.40. The molecule has 0 spiro atoms. The van der Waals surface area contributed by atoms with Gasteiger partial charge in [0.25, 0.3) is 0 Å². The number of nitrogens with zero attached hydrogens (tertiary/aromatic N) is 1. The van der Waals surface area contributed by atoms with Gasteiger partial charge in [0.1, 0.15) is 10.5 Å². The molecule has 1 rings (SSSR count). The number of pyridine rings is 1. The first kappa shape index (κ1) is 17.5. The van der Waals surface area contributed by atoms with Gasteiger partial charge in [-0.3, -0.25) is 0 Å². The topological polar surface area (TPSA) is 108 Å². The van der Waals surface area contributed by atoms with Gasteiger partial charge in [0.15, 0.2) is 0 Å². The molecule has 0 aliphatic carbocycles. The molecule has 120 valence electrons. The van der Waals surface area contributed by atoms with Crippen molar-refractivity contribution >= 4 is 10.0 Å². The monoisotopic (exact) mass is 339 g/mol. The second kappa shape index (κ2) is 5.31. The molecule has 0 aliphatic rings. The van der Waals surface area contributed by atoms with Gasteiger partial charge in [-0.1, -0.05) is 0 Å². The van der Waals surface area contributed by atoms with E-state index in [1.807, 2.05) is 0 Å². The molecular weight excluding hydrogens is 332 g/mol. The fourth-order valence-corrected chi connectivity index (χ4v) is 2.04. The highest BCUT2D eigenvalue weighted by atomic mass is 32.2. The van der Waals surface area contributed by atoms with Crippen molar-refractivity contribution in [3.05, 3.63) is 17.3 Å². The van der Waals surface area contributed by atoms with Crippen LogP contribution in [0.2, 0.25) is 0 Å². The highest BCUT2D eigenvalue weighted by Crippen LogP contribution is 2.38. The minimum Gasteiger partial charge on any atom is -0.387 e. The molecule has 0 aromatic carbocycles. The number of halogens is 6. The van der Waals surface area contributed by atoms with Gasteiger partial charge in [0.05, 0.1) is 5.69 Å². The van der Waals surface area contributed by atoms with Crippen LogP contribution in [0, 0.1) is 0 Å². The maximum atomic E-state index is 12.7. The lowest BCUT2D eigenvalue weighted by molar-refractivity contribution is -0.278. The molecule has 1 aromatic rings. The SMILES string of the molecule is NCc1nc(OC(F)(F)F)c(C(F)(F)F)cc1S(N)(=O)=O. The fourth-order valence-electron chi connectivity index (χ4n) is 1.30. The molecule has 0 unspecified atom stereocenters. The van der Waals surface area contributed by atoms with Crippen molar-refractivity contribution in [2.45, 2.75) is 24.0 Å². The molecule has 0 amide bonds. The number of sulfonamides is 1. The van der Waals surface area contributed by atoms with Crippen LogP contribution in [0.5, 0.6) is 5.88 Å². The molecule has 1 heterocycles. The van der Waals surface area contributed by atoms with E-state index in [1.165, 1.54) is 0 Å². The van der Waals surface area contributed by atoms with Gasteiger partial charge >= 0.3 is 12.5 Å². The summed E-state index contributed by atoms with van der Waals surface area (Å²) < 4.78 is 99.7. The molecule has 0 bridgehead atoms. The molecule has 0 atom stereocenters. The minimum absolute atomic E-state index is 0.106. The summed E-state index contributed by atoms with van der Waals surface area (Å²) in [5.74, 6) is -1.86. The van der Waals surface area contributed by atoms with E-state index in [-0.39, 0.29) is 6.07 Å². The fraction of sp³-hybridized carbons (Fsp3) is 0.375. The maximum absolute atomic E-state index is 12.7. The van der Waals surface area contributed by atoms with Crippen molar-refractivity contribution < 1.29 is 39.5 Å². The molecule has 13 heteroatoms. The maximum Gasteiger partial charge on any atom is 0.574 e. The van der Waals surface area contributed by atoms with Gasteiger partial charge in [0.2, 0.25) is 15.9 Å². The molecule has 0 saturated heterocycles. The van der Waals surface area contributed by atoms with Gasteiger partial charge < -0.3 is 10.5 Å². The van der Waals surface area contributed by atoms with E-state index in [2.05, 4.69) is 14.9 Å². The quantitative estimate of drug-likeness (QED) is 0.802. The van der Waals surface area contributed by atoms with Crippen LogP contribution in [-0.2, 0) is 22.7 Å². The Morgan fingerprint density at radius 2 is 1.71 bits per heavy atom. The van der Waals surface area contributed by atoms with Crippen LogP contribution >= 0.6 is 0 Å². The second-order valence-electron chi connectivity index (χ2n) is 3.58. The Hall–Kier alpha value is -1.60. The number of aromatic nitrogens is 1. The van der Waals surface area contributed by atoms with Crippen LogP contribution in [0.1, 0.15) is 11.3 Å². The lowest BCUT2D eigenvalue weighted by Gasteiger charge is -2.16. The zero-order valence-electron chi connectivity index (χ0n) is 9.79. The first-order valence-electron chi connectivity index (χ1n) is 4.85. The van der Waals surface area contributed by atoms with Crippen LogP contribution < -0.4 is 15.6 Å². The largest absolute Gasteiger partial charge is 0.574 e. The van der Waals surface area contributed by atoms with Crippen LogP contribution in [0.3, 0.4) is 0 Å². The third kappa shape index (κ3) is 4.44. The zero-order chi connectivity index (χ0) is 16.6. The summed E-state index contributed by atoms with van der Waals surface area (Å²) >= 11 is 0. The van der Waals surface area contributed by atoms with E-state index in [9.17, 15) is 34.8 Å². The number of ether oxygens (including phenoxy) is 1. The summed E-state index contributed by atoms with van der Waals surface area (Å²) in [5.41, 5.74) is 2.21. The van der Waals surface area contributed by atoms with E-state index in [0.717, 1.165) is 0 Å². The smallest absolute Gasteiger partial charge is 0.387 e. The van der Waals surface area contributed by atoms with Crippen LogP contribution in [-0.4, -0.2) is 19.8 Å². The number of alkyl halides is 6. The van der Waals surface area contributed by atoms with Crippen molar-refractivity contribution in [1.82, 2.24) is 4.98 Å². The first-order chi connectivity index (χ1) is 9.25. The normalized spacial score (nSPS) is 13.3. The Balaban J connectivity index is 3.65. The molecular formula is C8H7F6N3O3S. The number of nitrogens with two attached hydrogens (primary N) is 2. The molecule has 21 heavy (non-hydrogen) atoms. The number of hydrogen-bond acceptors (Lipinski definition) is 5. The predicted octanol–water partition coefficient (Wildman–Crippen LogP) is 1.11. The molecule has 1 aromatic heterocycles. The Labute approximate surface area is 113 Å². The van der Waals surface area contributed by atoms with Crippen LogP contribution in [0.4, 0.5) is 26.3 Å². The molecule has 0 saturated carbocycles. The Bertz CT molecular complexity index is 640. The van der Waals surface area contributed by atoms with E-state index < -0.39 is 51.1 Å². The zero-order valence-corrected chi connectivity index (χ0v) is 10.6. The van der Waals surface area contributed by atoms with E-state index >= 15 is 0 Å². The number of hydrogen-bond donors (Lipinski definition) is 2. The van der Waals surface area contributed by atoms with Gasteiger partial charge in [-0.2, -0.15) is 13.2 Å². The number of primary sulfonamides is 1. The average Bonchev–Trinajstić information content (AvgIpc) is 2.22. The minimum atomic E-state index is -5.46. The summed E-state index contributed by atoms with van der Waals surface area (Å²) in [7, 11) is -4.67. The summed E-state index contributed by atoms with van der Waals surface area (Å²) in [4.78, 5) is 1.73. The van der Waals surface area contributed by atoms with Gasteiger partial charge in [-0.25, -0.2) is 18.5 Å². The van der Waals surface area contributed by atoms with Gasteiger partial charge in [-0.05, 0) is 6.07 Å². The predicted molar refractivity (Wildman–Crippen MR) is 55.2 cm³/mol. The summed E-state index contributed by atoms with van der Waals surface area (Å²) in [5, 5.41) is 4.67. The van der Waals surface area contributed by atoms with Crippen molar-refractivity contribution in [2.75, 3.05) is 0 Å². The van der Waals surface area contributed by atoms with E-state index in [4.69, 9.17) is 5.73 Å². The van der Waals surface area contributed by atoms with Gasteiger partial charge in [0, 0.05) is 6.54 Å².